The molecule has 4 heteroatoms. The molecule has 12 aromatic rings. The van der Waals surface area contributed by atoms with Crippen LogP contribution in [0.25, 0.3) is 110 Å². The fourth-order valence-corrected chi connectivity index (χ4v) is 8.86. The molecule has 0 spiro atoms. The average Bonchev–Trinajstić information content (AvgIpc) is 3.78. The molecule has 9 aromatic carbocycles. The zero-order valence-corrected chi connectivity index (χ0v) is 30.3. The third kappa shape index (κ3) is 4.60. The zero-order valence-electron chi connectivity index (χ0n) is 30.3. The second-order valence-corrected chi connectivity index (χ2v) is 14.6. The standard InChI is InChI=1S/C52H32N4/c1-2-15-39(16-3-1)55-46-20-10-9-19-42(46)45-31-36(26-29-48(45)55)37-25-27-43-41-18-8-11-21-47(41)56(49(43)32-37)52-44-28-24-34-13-6-7-17-40(34)50(44)53-51(54-52)38-23-22-33-12-4-5-14-35(33)30-38/h1-32H. The number of rotatable bonds is 4. The zero-order chi connectivity index (χ0) is 36.7. The van der Waals surface area contributed by atoms with Gasteiger partial charge in [0.1, 0.15) is 5.82 Å². The fourth-order valence-electron chi connectivity index (χ4n) is 8.86. The summed E-state index contributed by atoms with van der Waals surface area (Å²) in [5, 5.41) is 10.5. The molecule has 0 saturated heterocycles. The summed E-state index contributed by atoms with van der Waals surface area (Å²) in [6.45, 7) is 0. The predicted octanol–water partition coefficient (Wildman–Crippen LogP) is 13.5. The highest BCUT2D eigenvalue weighted by atomic mass is 15.1. The lowest BCUT2D eigenvalue weighted by atomic mass is 10.0. The van der Waals surface area contributed by atoms with Crippen molar-refractivity contribution in [2.24, 2.45) is 0 Å². The van der Waals surface area contributed by atoms with Crippen molar-refractivity contribution >= 4 is 76.1 Å². The Morgan fingerprint density at radius 2 is 0.875 bits per heavy atom. The van der Waals surface area contributed by atoms with Crippen molar-refractivity contribution in [3.05, 3.63) is 194 Å². The molecule has 3 heterocycles. The van der Waals surface area contributed by atoms with Crippen molar-refractivity contribution in [3.8, 4) is 34.0 Å². The molecule has 0 bridgehead atoms. The molecule has 4 nitrogen and oxygen atoms in total. The van der Waals surface area contributed by atoms with Crippen LogP contribution in [-0.4, -0.2) is 19.1 Å². The molecule has 0 unspecified atom stereocenters. The largest absolute Gasteiger partial charge is 0.309 e. The van der Waals surface area contributed by atoms with Crippen LogP contribution in [0.1, 0.15) is 0 Å². The number of fused-ring (bicyclic) bond motifs is 10. The average molecular weight is 713 g/mol. The molecule has 0 radical (unpaired) electrons. The van der Waals surface area contributed by atoms with Gasteiger partial charge in [-0.25, -0.2) is 9.97 Å². The van der Waals surface area contributed by atoms with Crippen molar-refractivity contribution in [3.63, 3.8) is 0 Å². The lowest BCUT2D eigenvalue weighted by Gasteiger charge is -2.15. The molecule has 0 amide bonds. The highest BCUT2D eigenvalue weighted by Gasteiger charge is 2.20. The van der Waals surface area contributed by atoms with Crippen LogP contribution in [0.2, 0.25) is 0 Å². The van der Waals surface area contributed by atoms with E-state index < -0.39 is 0 Å². The Labute approximate surface area is 322 Å². The van der Waals surface area contributed by atoms with Gasteiger partial charge in [0.15, 0.2) is 5.82 Å². The van der Waals surface area contributed by atoms with Crippen LogP contribution in [-0.2, 0) is 0 Å². The highest BCUT2D eigenvalue weighted by molar-refractivity contribution is 6.14. The van der Waals surface area contributed by atoms with Gasteiger partial charge in [0.25, 0.3) is 0 Å². The molecule has 3 aromatic heterocycles. The summed E-state index contributed by atoms with van der Waals surface area (Å²) in [5.74, 6) is 1.57. The summed E-state index contributed by atoms with van der Waals surface area (Å²) in [5.41, 5.74) is 10.0. The van der Waals surface area contributed by atoms with E-state index in [2.05, 4.69) is 203 Å². The van der Waals surface area contributed by atoms with Gasteiger partial charge in [0.2, 0.25) is 0 Å². The number of para-hydroxylation sites is 3. The van der Waals surface area contributed by atoms with Crippen LogP contribution in [0, 0.1) is 0 Å². The quantitative estimate of drug-likeness (QED) is 0.170. The van der Waals surface area contributed by atoms with E-state index in [1.807, 2.05) is 0 Å². The third-order valence-electron chi connectivity index (χ3n) is 11.5. The minimum absolute atomic E-state index is 0.706. The second-order valence-electron chi connectivity index (χ2n) is 14.6. The van der Waals surface area contributed by atoms with Crippen molar-refractivity contribution in [1.82, 2.24) is 19.1 Å². The Balaban J connectivity index is 1.13. The first-order valence-corrected chi connectivity index (χ1v) is 19.1. The van der Waals surface area contributed by atoms with E-state index in [9.17, 15) is 0 Å². The minimum atomic E-state index is 0.706. The minimum Gasteiger partial charge on any atom is -0.309 e. The Morgan fingerprint density at radius 1 is 0.304 bits per heavy atom. The van der Waals surface area contributed by atoms with E-state index in [-0.39, 0.29) is 0 Å². The summed E-state index contributed by atoms with van der Waals surface area (Å²) in [6.07, 6.45) is 0. The van der Waals surface area contributed by atoms with Crippen molar-refractivity contribution in [1.29, 1.82) is 0 Å². The van der Waals surface area contributed by atoms with E-state index in [0.717, 1.165) is 55.3 Å². The molecule has 0 aliphatic heterocycles. The van der Waals surface area contributed by atoms with Gasteiger partial charge < -0.3 is 4.57 Å². The molecule has 12 rings (SSSR count). The van der Waals surface area contributed by atoms with E-state index in [0.29, 0.717) is 5.82 Å². The van der Waals surface area contributed by atoms with Gasteiger partial charge in [-0.15, -0.1) is 0 Å². The summed E-state index contributed by atoms with van der Waals surface area (Å²) in [7, 11) is 0. The van der Waals surface area contributed by atoms with Gasteiger partial charge in [-0.2, -0.15) is 0 Å². The van der Waals surface area contributed by atoms with Crippen LogP contribution in [0.3, 0.4) is 0 Å². The topological polar surface area (TPSA) is 35.6 Å². The van der Waals surface area contributed by atoms with Gasteiger partial charge in [-0.3, -0.25) is 4.57 Å². The maximum Gasteiger partial charge on any atom is 0.162 e. The number of hydrogen-bond acceptors (Lipinski definition) is 2. The summed E-state index contributed by atoms with van der Waals surface area (Å²) in [6, 6.07) is 69.7. The summed E-state index contributed by atoms with van der Waals surface area (Å²) in [4.78, 5) is 10.8. The Hall–Kier alpha value is -7.56. The Morgan fingerprint density at radius 3 is 1.71 bits per heavy atom. The van der Waals surface area contributed by atoms with Crippen LogP contribution >= 0.6 is 0 Å². The van der Waals surface area contributed by atoms with Gasteiger partial charge >= 0.3 is 0 Å². The lowest BCUT2D eigenvalue weighted by molar-refractivity contribution is 1.08. The number of aromatic nitrogens is 4. The second kappa shape index (κ2) is 12.0. The molecule has 0 aliphatic carbocycles. The Bertz CT molecular complexity index is 3540. The molecule has 260 valence electrons. The van der Waals surface area contributed by atoms with Gasteiger partial charge in [0, 0.05) is 43.6 Å². The SMILES string of the molecule is c1ccc(-n2c3ccccc3c3cc(-c4ccc5c6ccccc6n(-c6nc(-c7ccc8ccccc8c7)nc7c6ccc6ccccc67)c5c4)ccc32)cc1. The summed E-state index contributed by atoms with van der Waals surface area (Å²) >= 11 is 0. The van der Waals surface area contributed by atoms with E-state index in [1.165, 1.54) is 48.9 Å². The first-order chi connectivity index (χ1) is 27.8. The molecule has 0 saturated carbocycles. The maximum absolute atomic E-state index is 5.49. The normalized spacial score (nSPS) is 11.9. The molecular weight excluding hydrogens is 681 g/mol. The van der Waals surface area contributed by atoms with Crippen molar-refractivity contribution < 1.29 is 0 Å². The van der Waals surface area contributed by atoms with Crippen LogP contribution in [0.5, 0.6) is 0 Å². The molecule has 0 atom stereocenters. The fraction of sp³-hybridized carbons (Fsp3) is 0. The molecule has 0 N–H and O–H groups in total. The lowest BCUT2D eigenvalue weighted by Crippen LogP contribution is -2.03. The van der Waals surface area contributed by atoms with Crippen molar-refractivity contribution in [2.45, 2.75) is 0 Å². The maximum atomic E-state index is 5.49. The van der Waals surface area contributed by atoms with Crippen molar-refractivity contribution in [2.75, 3.05) is 0 Å². The number of hydrogen-bond donors (Lipinski definition) is 0. The molecule has 0 fully saturated rings. The van der Waals surface area contributed by atoms with Gasteiger partial charge in [-0.1, -0.05) is 140 Å². The van der Waals surface area contributed by atoms with Gasteiger partial charge in [0.05, 0.1) is 27.6 Å². The number of nitrogens with zero attached hydrogens (tertiary/aromatic N) is 4. The molecular formula is C52H32N4. The summed E-state index contributed by atoms with van der Waals surface area (Å²) < 4.78 is 4.73. The van der Waals surface area contributed by atoms with E-state index in [1.54, 1.807) is 0 Å². The van der Waals surface area contributed by atoms with Crippen LogP contribution in [0.4, 0.5) is 0 Å². The highest BCUT2D eigenvalue weighted by Crippen LogP contribution is 2.40. The Kier molecular flexibility index (Phi) is 6.60. The molecule has 56 heavy (non-hydrogen) atoms. The van der Waals surface area contributed by atoms with E-state index in [4.69, 9.17) is 9.97 Å². The van der Waals surface area contributed by atoms with Gasteiger partial charge in [-0.05, 0) is 81.9 Å². The first-order valence-electron chi connectivity index (χ1n) is 19.1. The van der Waals surface area contributed by atoms with E-state index >= 15 is 0 Å². The third-order valence-corrected chi connectivity index (χ3v) is 11.5. The monoisotopic (exact) mass is 712 g/mol. The smallest absolute Gasteiger partial charge is 0.162 e. The first kappa shape index (κ1) is 30.9. The molecule has 0 aliphatic rings. The number of benzene rings is 9. The van der Waals surface area contributed by atoms with Crippen LogP contribution < -0.4 is 0 Å². The predicted molar refractivity (Wildman–Crippen MR) is 234 cm³/mol. The van der Waals surface area contributed by atoms with Crippen LogP contribution in [0.15, 0.2) is 194 Å².